The summed E-state index contributed by atoms with van der Waals surface area (Å²) < 4.78 is 13.8. The van der Waals surface area contributed by atoms with Gasteiger partial charge in [-0.25, -0.2) is 14.3 Å². The van der Waals surface area contributed by atoms with E-state index in [1.807, 2.05) is 0 Å². The molecule has 1 aromatic heterocycles. The number of aromatic nitrogens is 3. The molecule has 1 heterocycles. The van der Waals surface area contributed by atoms with Crippen LogP contribution in [-0.2, 0) is 36.8 Å². The minimum absolute atomic E-state index is 0.0716. The van der Waals surface area contributed by atoms with Crippen molar-refractivity contribution in [1.29, 1.82) is 0 Å². The summed E-state index contributed by atoms with van der Waals surface area (Å²) in [5, 5.41) is 39.4. The van der Waals surface area contributed by atoms with E-state index in [1.165, 1.54) is 0 Å². The molecule has 0 radical (unpaired) electrons. The minimum atomic E-state index is -1.59. The highest BCUT2D eigenvalue weighted by molar-refractivity contribution is 5.90. The van der Waals surface area contributed by atoms with E-state index in [0.29, 0.717) is 24.2 Å². The Morgan fingerprint density at radius 3 is 2.14 bits per heavy atom. The van der Waals surface area contributed by atoms with Crippen molar-refractivity contribution in [2.75, 3.05) is 6.67 Å². The molecule has 200 valence electrons. The van der Waals surface area contributed by atoms with Crippen LogP contribution in [0, 0.1) is 0 Å². The molecule has 0 unspecified atom stereocenters. The van der Waals surface area contributed by atoms with Crippen molar-refractivity contribution < 1.29 is 43.7 Å². The maximum absolute atomic E-state index is 12.3. The Balaban J connectivity index is 1.86. The number of benzene rings is 1. The first-order chi connectivity index (χ1) is 17.6. The summed E-state index contributed by atoms with van der Waals surface area (Å²) in [7, 11) is 0. The zero-order valence-corrected chi connectivity index (χ0v) is 19.8. The van der Waals surface area contributed by atoms with E-state index in [4.69, 9.17) is 10.2 Å². The molecular formula is C23H28FN5O8. The lowest BCUT2D eigenvalue weighted by Crippen LogP contribution is -2.47. The highest BCUT2D eigenvalue weighted by Gasteiger charge is 2.26. The number of aryl methyl sites for hydroxylation is 2. The summed E-state index contributed by atoms with van der Waals surface area (Å²) in [4.78, 5) is 57.7. The van der Waals surface area contributed by atoms with Crippen molar-refractivity contribution >= 4 is 29.7 Å². The summed E-state index contributed by atoms with van der Waals surface area (Å²) in [5.74, 6) is -5.77. The third kappa shape index (κ3) is 10.0. The molecular weight excluding hydrogens is 493 g/mol. The van der Waals surface area contributed by atoms with Crippen molar-refractivity contribution in [1.82, 2.24) is 25.6 Å². The minimum Gasteiger partial charge on any atom is -0.481 e. The Labute approximate surface area is 210 Å². The van der Waals surface area contributed by atoms with Crippen LogP contribution in [0.2, 0.25) is 0 Å². The Hall–Kier alpha value is -4.36. The van der Waals surface area contributed by atoms with Crippen LogP contribution in [0.15, 0.2) is 30.5 Å². The van der Waals surface area contributed by atoms with E-state index in [2.05, 4.69) is 20.9 Å². The second kappa shape index (κ2) is 14.3. The highest BCUT2D eigenvalue weighted by atomic mass is 19.1. The molecule has 0 saturated carbocycles. The van der Waals surface area contributed by atoms with Crippen molar-refractivity contribution in [2.24, 2.45) is 0 Å². The predicted octanol–water partition coefficient (Wildman–Crippen LogP) is 0.496. The Morgan fingerprint density at radius 2 is 1.54 bits per heavy atom. The van der Waals surface area contributed by atoms with Gasteiger partial charge < -0.3 is 26.0 Å². The molecule has 0 aliphatic carbocycles. The topological polar surface area (TPSA) is 201 Å². The Kier molecular flexibility index (Phi) is 11.1. The van der Waals surface area contributed by atoms with Gasteiger partial charge in [0.25, 0.3) is 0 Å². The fraction of sp³-hybridized carbons (Fsp3) is 0.435. The number of alkyl halides is 1. The summed E-state index contributed by atoms with van der Waals surface area (Å²) in [6.45, 7) is -0.435. The van der Waals surface area contributed by atoms with Crippen LogP contribution < -0.4 is 10.6 Å². The molecule has 5 N–H and O–H groups in total. The lowest BCUT2D eigenvalue weighted by atomic mass is 10.1. The number of nitrogens with zero attached hydrogens (tertiary/aromatic N) is 3. The third-order valence-corrected chi connectivity index (χ3v) is 5.25. The van der Waals surface area contributed by atoms with Crippen molar-refractivity contribution in [3.63, 3.8) is 0 Å². The van der Waals surface area contributed by atoms with Gasteiger partial charge in [0.05, 0.1) is 30.7 Å². The third-order valence-electron chi connectivity index (χ3n) is 5.25. The molecule has 0 aliphatic heterocycles. The predicted molar refractivity (Wildman–Crippen MR) is 125 cm³/mol. The molecule has 2 amide bonds. The number of hydrogen-bond acceptors (Lipinski definition) is 7. The summed E-state index contributed by atoms with van der Waals surface area (Å²) >= 11 is 0. The maximum Gasteiger partial charge on any atom is 0.326 e. The van der Waals surface area contributed by atoms with Crippen LogP contribution in [0.5, 0.6) is 0 Å². The Bertz CT molecular complexity index is 1100. The van der Waals surface area contributed by atoms with Gasteiger partial charge in [-0.1, -0.05) is 17.3 Å². The fourth-order valence-corrected chi connectivity index (χ4v) is 3.29. The van der Waals surface area contributed by atoms with Crippen LogP contribution in [0.25, 0.3) is 5.69 Å². The van der Waals surface area contributed by atoms with Crippen molar-refractivity contribution in [2.45, 2.75) is 57.0 Å². The number of rotatable bonds is 16. The average molecular weight is 522 g/mol. The van der Waals surface area contributed by atoms with E-state index in [9.17, 15) is 33.5 Å². The number of aliphatic carboxylic acids is 3. The monoisotopic (exact) mass is 521 g/mol. The molecule has 0 aliphatic rings. The van der Waals surface area contributed by atoms with E-state index in [0.717, 1.165) is 5.56 Å². The molecule has 0 bridgehead atoms. The van der Waals surface area contributed by atoms with E-state index in [1.54, 1.807) is 35.1 Å². The second-order valence-electron chi connectivity index (χ2n) is 8.17. The zero-order chi connectivity index (χ0) is 27.4. The largest absolute Gasteiger partial charge is 0.481 e. The molecule has 14 heteroatoms. The van der Waals surface area contributed by atoms with Gasteiger partial charge in [0, 0.05) is 12.8 Å². The zero-order valence-electron chi connectivity index (χ0n) is 19.8. The van der Waals surface area contributed by atoms with Crippen LogP contribution >= 0.6 is 0 Å². The molecule has 0 saturated heterocycles. The molecule has 0 fully saturated rings. The van der Waals surface area contributed by atoms with Crippen LogP contribution in [0.1, 0.15) is 43.4 Å². The van der Waals surface area contributed by atoms with E-state index in [-0.39, 0.29) is 19.3 Å². The normalized spacial score (nSPS) is 12.4. The van der Waals surface area contributed by atoms with Crippen LogP contribution in [0.3, 0.4) is 0 Å². The molecule has 37 heavy (non-hydrogen) atoms. The second-order valence-corrected chi connectivity index (χ2v) is 8.17. The van der Waals surface area contributed by atoms with Crippen LogP contribution in [-0.4, -0.2) is 78.8 Å². The number of hydrogen-bond donors (Lipinski definition) is 5. The number of nitrogens with one attached hydrogen (secondary N) is 2. The van der Waals surface area contributed by atoms with E-state index < -0.39 is 61.3 Å². The lowest BCUT2D eigenvalue weighted by Gasteiger charge is -2.17. The van der Waals surface area contributed by atoms with Gasteiger partial charge in [0.2, 0.25) is 11.8 Å². The van der Waals surface area contributed by atoms with Gasteiger partial charge in [-0.05, 0) is 43.4 Å². The summed E-state index contributed by atoms with van der Waals surface area (Å²) in [6.07, 6.45) is 1.14. The number of halogens is 1. The quantitative estimate of drug-likeness (QED) is 0.207. The smallest absolute Gasteiger partial charge is 0.326 e. The number of amides is 2. The molecule has 2 rings (SSSR count). The van der Waals surface area contributed by atoms with Gasteiger partial charge >= 0.3 is 17.9 Å². The molecule has 1 aromatic carbocycles. The van der Waals surface area contributed by atoms with Gasteiger partial charge in [-0.2, -0.15) is 0 Å². The van der Waals surface area contributed by atoms with Gasteiger partial charge in [0.15, 0.2) is 0 Å². The first-order valence-electron chi connectivity index (χ1n) is 11.4. The van der Waals surface area contributed by atoms with E-state index >= 15 is 0 Å². The van der Waals surface area contributed by atoms with Crippen LogP contribution in [0.4, 0.5) is 4.39 Å². The number of carboxylic acids is 3. The standard InChI is InChI=1S/C23H28FN5O8/c24-11-1-2-15-13-29(28-27-15)16-6-3-14(4-7-16)5-9-19(30)26-18(23(36)37)12-20(31)25-17(22(34)35)8-10-21(32)33/h3-4,6-7,13,17-18H,1-2,5,8-12H2,(H,25,31)(H,26,30)(H,32,33)(H,34,35)(H,36,37)/t17-,18+/m0/s1. The Morgan fingerprint density at radius 1 is 0.892 bits per heavy atom. The molecule has 2 aromatic rings. The molecule has 13 nitrogen and oxygen atoms in total. The first-order valence-corrected chi connectivity index (χ1v) is 11.4. The average Bonchev–Trinajstić information content (AvgIpc) is 3.32. The summed E-state index contributed by atoms with van der Waals surface area (Å²) in [6, 6.07) is 3.94. The lowest BCUT2D eigenvalue weighted by molar-refractivity contribution is -0.145. The number of carboxylic acid groups (broad SMARTS) is 3. The van der Waals surface area contributed by atoms with Gasteiger partial charge in [0.1, 0.15) is 12.1 Å². The number of carbonyl (C=O) groups is 5. The fourth-order valence-electron chi connectivity index (χ4n) is 3.29. The highest BCUT2D eigenvalue weighted by Crippen LogP contribution is 2.12. The molecule has 0 spiro atoms. The molecule has 2 atom stereocenters. The van der Waals surface area contributed by atoms with Gasteiger partial charge in [-0.15, -0.1) is 5.10 Å². The number of carbonyl (C=O) groups excluding carboxylic acids is 2. The van der Waals surface area contributed by atoms with Crippen molar-refractivity contribution in [3.8, 4) is 5.69 Å². The maximum atomic E-state index is 12.3. The summed E-state index contributed by atoms with van der Waals surface area (Å²) in [5.41, 5.74) is 2.16. The van der Waals surface area contributed by atoms with Gasteiger partial charge in [-0.3, -0.25) is 18.8 Å². The first kappa shape index (κ1) is 28.9. The van der Waals surface area contributed by atoms with Crippen molar-refractivity contribution in [3.05, 3.63) is 41.7 Å². The SMILES string of the molecule is O=C(O)CC[C@H](NC(=O)C[C@@H](NC(=O)CCc1ccc(-n2cc(CCCF)nn2)cc1)C(=O)O)C(=O)O.